The number of fused-ring (bicyclic) bond motifs is 1. The second-order valence-corrected chi connectivity index (χ2v) is 5.26. The first kappa shape index (κ1) is 12.2. The van der Waals surface area contributed by atoms with Gasteiger partial charge in [0.05, 0.1) is 0 Å². The maximum atomic E-state index is 13.6. The molecule has 0 saturated carbocycles. The Kier molecular flexibility index (Phi) is 2.78. The number of hydrogen-bond donors (Lipinski definition) is 2. The first-order valence-corrected chi connectivity index (χ1v) is 6.37. The zero-order valence-electron chi connectivity index (χ0n) is 8.55. The molecule has 0 spiro atoms. The van der Waals surface area contributed by atoms with Crippen LogP contribution in [0.2, 0.25) is 0 Å². The van der Waals surface area contributed by atoms with Crippen LogP contribution < -0.4 is 0 Å². The molecule has 0 heterocycles. The Morgan fingerprint density at radius 2 is 1.59 bits per heavy atom. The van der Waals surface area contributed by atoms with Crippen LogP contribution >= 0.6 is 7.60 Å². The first-order valence-electron chi connectivity index (χ1n) is 4.76. The molecule has 0 unspecified atom stereocenters. The Morgan fingerprint density at radius 3 is 2.24 bits per heavy atom. The van der Waals surface area contributed by atoms with Crippen LogP contribution in [0.25, 0.3) is 10.8 Å². The van der Waals surface area contributed by atoms with Gasteiger partial charge >= 0.3 is 13.3 Å². The van der Waals surface area contributed by atoms with E-state index in [9.17, 15) is 13.3 Å². The Balaban J connectivity index is 2.76. The summed E-state index contributed by atoms with van der Waals surface area (Å²) in [6.07, 6.45) is 0. The van der Waals surface area contributed by atoms with Crippen LogP contribution in [0, 0.1) is 0 Å². The second-order valence-electron chi connectivity index (χ2n) is 3.61. The molecule has 0 aliphatic rings. The fourth-order valence-corrected chi connectivity index (χ4v) is 2.15. The minimum atomic E-state index is -5.53. The van der Waals surface area contributed by atoms with Gasteiger partial charge in [-0.2, -0.15) is 8.78 Å². The number of alkyl halides is 2. The van der Waals surface area contributed by atoms with Gasteiger partial charge in [-0.3, -0.25) is 4.57 Å². The van der Waals surface area contributed by atoms with Gasteiger partial charge in [0.1, 0.15) is 0 Å². The summed E-state index contributed by atoms with van der Waals surface area (Å²) >= 11 is 0. The first-order chi connectivity index (χ1) is 7.84. The molecule has 17 heavy (non-hydrogen) atoms. The van der Waals surface area contributed by atoms with Crippen molar-refractivity contribution in [2.24, 2.45) is 0 Å². The Labute approximate surface area is 95.9 Å². The molecule has 0 aliphatic heterocycles. The Morgan fingerprint density at radius 1 is 1.00 bits per heavy atom. The molecule has 2 rings (SSSR count). The molecule has 0 fully saturated rings. The average molecular weight is 258 g/mol. The third-order valence-electron chi connectivity index (χ3n) is 2.48. The fourth-order valence-electron chi connectivity index (χ4n) is 1.64. The van der Waals surface area contributed by atoms with Gasteiger partial charge < -0.3 is 9.79 Å². The van der Waals surface area contributed by atoms with E-state index in [-0.39, 0.29) is 5.39 Å². The summed E-state index contributed by atoms with van der Waals surface area (Å²) in [7, 11) is -5.53. The molecule has 0 atom stereocenters. The van der Waals surface area contributed by atoms with Gasteiger partial charge in [-0.15, -0.1) is 0 Å². The zero-order chi connectivity index (χ0) is 12.7. The van der Waals surface area contributed by atoms with E-state index < -0.39 is 18.8 Å². The van der Waals surface area contributed by atoms with Crippen molar-refractivity contribution in [3.8, 4) is 0 Å². The van der Waals surface area contributed by atoms with E-state index in [0.717, 1.165) is 6.07 Å². The van der Waals surface area contributed by atoms with Crippen molar-refractivity contribution in [2.75, 3.05) is 0 Å². The number of hydrogen-bond acceptors (Lipinski definition) is 1. The lowest BCUT2D eigenvalue weighted by Crippen LogP contribution is -2.14. The van der Waals surface area contributed by atoms with Crippen molar-refractivity contribution in [2.45, 2.75) is 5.66 Å². The summed E-state index contributed by atoms with van der Waals surface area (Å²) in [4.78, 5) is 17.4. The second kappa shape index (κ2) is 3.88. The fraction of sp³-hybridized carbons (Fsp3) is 0.0909. The normalized spacial score (nSPS) is 12.9. The average Bonchev–Trinajstić information content (AvgIpc) is 2.26. The maximum Gasteiger partial charge on any atom is 0.399 e. The number of benzene rings is 2. The molecule has 0 amide bonds. The summed E-state index contributed by atoms with van der Waals surface area (Å²) in [5.41, 5.74) is -4.82. The van der Waals surface area contributed by atoms with E-state index in [1.807, 2.05) is 0 Å². The van der Waals surface area contributed by atoms with Crippen molar-refractivity contribution < 1.29 is 23.1 Å². The lowest BCUT2D eigenvalue weighted by Gasteiger charge is -2.19. The molecule has 2 aromatic carbocycles. The van der Waals surface area contributed by atoms with Crippen LogP contribution in [-0.4, -0.2) is 9.79 Å². The van der Waals surface area contributed by atoms with Crippen LogP contribution in [0.4, 0.5) is 8.78 Å². The molecule has 0 saturated heterocycles. The summed E-state index contributed by atoms with van der Waals surface area (Å²) < 4.78 is 38.1. The van der Waals surface area contributed by atoms with Crippen molar-refractivity contribution in [1.29, 1.82) is 0 Å². The minimum Gasteiger partial charge on any atom is -0.320 e. The number of halogens is 2. The maximum absolute atomic E-state index is 13.6. The topological polar surface area (TPSA) is 57.5 Å². The van der Waals surface area contributed by atoms with E-state index in [0.29, 0.717) is 5.39 Å². The van der Waals surface area contributed by atoms with E-state index in [1.54, 1.807) is 24.3 Å². The van der Waals surface area contributed by atoms with Gasteiger partial charge in [-0.1, -0.05) is 42.5 Å². The quantitative estimate of drug-likeness (QED) is 0.814. The largest absolute Gasteiger partial charge is 0.399 e. The Bertz CT molecular complexity index is 601. The lowest BCUT2D eigenvalue weighted by molar-refractivity contribution is 0.0579. The third-order valence-corrected chi connectivity index (χ3v) is 3.45. The smallest absolute Gasteiger partial charge is 0.320 e. The van der Waals surface area contributed by atoms with Crippen LogP contribution in [-0.2, 0) is 10.2 Å². The van der Waals surface area contributed by atoms with E-state index in [2.05, 4.69) is 0 Å². The molecule has 0 aromatic heterocycles. The van der Waals surface area contributed by atoms with Gasteiger partial charge in [0.2, 0.25) is 0 Å². The van der Waals surface area contributed by atoms with Crippen molar-refractivity contribution in [1.82, 2.24) is 0 Å². The van der Waals surface area contributed by atoms with Gasteiger partial charge in [0, 0.05) is 5.56 Å². The molecule has 6 heteroatoms. The number of rotatable bonds is 2. The Hall–Kier alpha value is -1.29. The molecular formula is C11H9F2O3P. The molecule has 90 valence electrons. The highest BCUT2D eigenvalue weighted by Gasteiger charge is 2.51. The third kappa shape index (κ3) is 1.97. The molecule has 2 N–H and O–H groups in total. The highest BCUT2D eigenvalue weighted by atomic mass is 31.2. The molecule has 0 aliphatic carbocycles. The minimum absolute atomic E-state index is 0.142. The summed E-state index contributed by atoms with van der Waals surface area (Å²) in [6.45, 7) is 0. The SMILES string of the molecule is O=P(O)(O)C(F)(F)c1cccc2ccccc12. The molecule has 3 nitrogen and oxygen atoms in total. The standard InChI is InChI=1S/C11H9F2O3P/c12-11(13,17(14,15)16)10-7-3-5-8-4-1-2-6-9(8)10/h1-7H,(H2,14,15,16). The monoisotopic (exact) mass is 258 g/mol. The van der Waals surface area contributed by atoms with Gasteiger partial charge in [-0.25, -0.2) is 0 Å². The molecule has 0 bridgehead atoms. The van der Waals surface area contributed by atoms with Gasteiger partial charge in [0.25, 0.3) is 0 Å². The van der Waals surface area contributed by atoms with Gasteiger partial charge in [0.15, 0.2) is 0 Å². The molecule has 2 aromatic rings. The summed E-state index contributed by atoms with van der Waals surface area (Å²) in [6, 6.07) is 10.2. The highest BCUT2D eigenvalue weighted by molar-refractivity contribution is 7.52. The summed E-state index contributed by atoms with van der Waals surface area (Å²) in [5, 5.41) is 0.654. The van der Waals surface area contributed by atoms with Crippen LogP contribution in [0.15, 0.2) is 42.5 Å². The van der Waals surface area contributed by atoms with Crippen LogP contribution in [0.1, 0.15) is 5.56 Å². The van der Waals surface area contributed by atoms with E-state index in [4.69, 9.17) is 9.79 Å². The van der Waals surface area contributed by atoms with Crippen molar-refractivity contribution >= 4 is 18.4 Å². The van der Waals surface area contributed by atoms with E-state index >= 15 is 0 Å². The van der Waals surface area contributed by atoms with Crippen LogP contribution in [0.5, 0.6) is 0 Å². The predicted molar refractivity (Wildman–Crippen MR) is 59.9 cm³/mol. The van der Waals surface area contributed by atoms with E-state index in [1.165, 1.54) is 12.1 Å². The zero-order valence-corrected chi connectivity index (χ0v) is 9.44. The lowest BCUT2D eigenvalue weighted by atomic mass is 10.1. The predicted octanol–water partition coefficient (Wildman–Crippen LogP) is 3.07. The van der Waals surface area contributed by atoms with Crippen molar-refractivity contribution in [3.05, 3.63) is 48.0 Å². The highest BCUT2D eigenvalue weighted by Crippen LogP contribution is 2.60. The summed E-state index contributed by atoms with van der Waals surface area (Å²) in [5.74, 6) is 0. The molecular weight excluding hydrogens is 249 g/mol. The van der Waals surface area contributed by atoms with Gasteiger partial charge in [-0.05, 0) is 10.8 Å². The van der Waals surface area contributed by atoms with Crippen LogP contribution in [0.3, 0.4) is 0 Å². The molecule has 0 radical (unpaired) electrons. The van der Waals surface area contributed by atoms with Crippen molar-refractivity contribution in [3.63, 3.8) is 0 Å².